The smallest absolute Gasteiger partial charge is 0.261 e. The van der Waals surface area contributed by atoms with Gasteiger partial charge in [0.1, 0.15) is 0 Å². The summed E-state index contributed by atoms with van der Waals surface area (Å²) in [6.45, 7) is 2.01. The SMILES string of the molecule is CS(=O)(=O)O.Cc1ccc(NC(=O)c2ccccc2)cc1Nc1nc(-c2cccnc2)cs1. The molecule has 3 N–H and O–H groups in total. The molecule has 0 fully saturated rings. The molecule has 0 aliphatic rings. The largest absolute Gasteiger partial charge is 0.331 e. The topological polar surface area (TPSA) is 121 Å². The van der Waals surface area contributed by atoms with Gasteiger partial charge in [0.05, 0.1) is 11.9 Å². The summed E-state index contributed by atoms with van der Waals surface area (Å²) in [5.74, 6) is -0.136. The molecule has 2 aromatic carbocycles. The van der Waals surface area contributed by atoms with E-state index in [2.05, 4.69) is 20.6 Å². The minimum absolute atomic E-state index is 0.136. The van der Waals surface area contributed by atoms with Gasteiger partial charge >= 0.3 is 0 Å². The van der Waals surface area contributed by atoms with Gasteiger partial charge in [0, 0.05) is 40.3 Å². The van der Waals surface area contributed by atoms with Crippen molar-refractivity contribution < 1.29 is 17.8 Å². The van der Waals surface area contributed by atoms with Gasteiger partial charge in [-0.25, -0.2) is 4.98 Å². The van der Waals surface area contributed by atoms with Crippen LogP contribution in [0.15, 0.2) is 78.4 Å². The van der Waals surface area contributed by atoms with E-state index in [0.29, 0.717) is 11.8 Å². The highest BCUT2D eigenvalue weighted by molar-refractivity contribution is 7.85. The van der Waals surface area contributed by atoms with Crippen LogP contribution in [0, 0.1) is 6.92 Å². The average molecular weight is 483 g/mol. The first-order chi connectivity index (χ1) is 15.7. The number of pyridine rings is 1. The van der Waals surface area contributed by atoms with E-state index in [-0.39, 0.29) is 5.91 Å². The van der Waals surface area contributed by atoms with E-state index in [4.69, 9.17) is 4.55 Å². The summed E-state index contributed by atoms with van der Waals surface area (Å²) in [6, 6.07) is 18.8. The molecule has 0 aliphatic carbocycles. The first kappa shape index (κ1) is 24.1. The highest BCUT2D eigenvalue weighted by atomic mass is 32.2. The lowest BCUT2D eigenvalue weighted by molar-refractivity contribution is 0.102. The molecular formula is C23H22N4O4S2. The lowest BCUT2D eigenvalue weighted by atomic mass is 10.1. The lowest BCUT2D eigenvalue weighted by Gasteiger charge is -2.11. The molecule has 0 bridgehead atoms. The van der Waals surface area contributed by atoms with Crippen LogP contribution in [0.4, 0.5) is 16.5 Å². The minimum atomic E-state index is -3.67. The average Bonchev–Trinajstić information content (AvgIpc) is 3.25. The number of anilines is 3. The van der Waals surface area contributed by atoms with Crippen LogP contribution in [0.2, 0.25) is 0 Å². The summed E-state index contributed by atoms with van der Waals surface area (Å²) in [6.07, 6.45) is 4.25. The summed E-state index contributed by atoms with van der Waals surface area (Å²) in [5, 5.41) is 9.07. The van der Waals surface area contributed by atoms with E-state index in [9.17, 15) is 13.2 Å². The number of rotatable bonds is 5. The lowest BCUT2D eigenvalue weighted by Crippen LogP contribution is -2.11. The predicted molar refractivity (Wildman–Crippen MR) is 132 cm³/mol. The fourth-order valence-corrected chi connectivity index (χ4v) is 3.45. The summed E-state index contributed by atoms with van der Waals surface area (Å²) < 4.78 is 25.9. The van der Waals surface area contributed by atoms with Gasteiger partial charge in [-0.2, -0.15) is 8.42 Å². The standard InChI is InChI=1S/C22H18N4OS.CH4O3S/c1-15-9-10-18(24-21(27)16-6-3-2-4-7-16)12-19(15)25-22-26-20(14-28-22)17-8-5-11-23-13-17;1-5(2,3)4/h2-14H,1H3,(H,24,27)(H,25,26);1H3,(H,2,3,4). The molecule has 0 spiro atoms. The Hall–Kier alpha value is -3.60. The highest BCUT2D eigenvalue weighted by Gasteiger charge is 2.09. The monoisotopic (exact) mass is 482 g/mol. The number of aromatic nitrogens is 2. The zero-order chi connectivity index (χ0) is 23.8. The van der Waals surface area contributed by atoms with Crippen LogP contribution in [0.5, 0.6) is 0 Å². The maximum Gasteiger partial charge on any atom is 0.261 e. The fourth-order valence-electron chi connectivity index (χ4n) is 2.72. The summed E-state index contributed by atoms with van der Waals surface area (Å²) in [5.41, 5.74) is 5.18. The summed E-state index contributed by atoms with van der Waals surface area (Å²) in [7, 11) is -3.67. The van der Waals surface area contributed by atoms with Crippen LogP contribution in [-0.4, -0.2) is 35.1 Å². The van der Waals surface area contributed by atoms with Crippen molar-refractivity contribution in [3.8, 4) is 11.3 Å². The third kappa shape index (κ3) is 7.79. The quantitative estimate of drug-likeness (QED) is 0.342. The van der Waals surface area contributed by atoms with Crippen LogP contribution in [-0.2, 0) is 10.1 Å². The number of carbonyl (C=O) groups is 1. The van der Waals surface area contributed by atoms with Gasteiger partial charge in [0.25, 0.3) is 16.0 Å². The van der Waals surface area contributed by atoms with E-state index in [1.165, 1.54) is 11.3 Å². The van der Waals surface area contributed by atoms with Crippen molar-refractivity contribution in [1.29, 1.82) is 0 Å². The first-order valence-corrected chi connectivity index (χ1v) is 12.4. The molecule has 170 valence electrons. The van der Waals surface area contributed by atoms with E-state index >= 15 is 0 Å². The van der Waals surface area contributed by atoms with Gasteiger partial charge < -0.3 is 10.6 Å². The molecular weight excluding hydrogens is 460 g/mol. The number of hydrogen-bond acceptors (Lipinski definition) is 7. The molecule has 0 unspecified atom stereocenters. The minimum Gasteiger partial charge on any atom is -0.331 e. The molecule has 10 heteroatoms. The Balaban J connectivity index is 0.000000555. The number of amides is 1. The van der Waals surface area contributed by atoms with E-state index in [1.54, 1.807) is 24.5 Å². The van der Waals surface area contributed by atoms with Crippen molar-refractivity contribution in [2.75, 3.05) is 16.9 Å². The van der Waals surface area contributed by atoms with Gasteiger partial charge in [0.2, 0.25) is 0 Å². The van der Waals surface area contributed by atoms with Gasteiger partial charge in [-0.15, -0.1) is 11.3 Å². The zero-order valence-corrected chi connectivity index (χ0v) is 19.5. The van der Waals surface area contributed by atoms with Crippen LogP contribution in [0.3, 0.4) is 0 Å². The van der Waals surface area contributed by atoms with E-state index in [1.807, 2.05) is 60.8 Å². The second kappa shape index (κ2) is 10.8. The predicted octanol–water partition coefficient (Wildman–Crippen LogP) is 5.01. The van der Waals surface area contributed by atoms with Gasteiger partial charge in [0.15, 0.2) is 5.13 Å². The molecule has 2 heterocycles. The molecule has 4 rings (SSSR count). The third-order valence-corrected chi connectivity index (χ3v) is 4.99. The number of aryl methyl sites for hydroxylation is 1. The van der Waals surface area contributed by atoms with Crippen molar-refractivity contribution in [2.24, 2.45) is 0 Å². The molecule has 0 atom stereocenters. The molecule has 1 amide bonds. The van der Waals surface area contributed by atoms with Gasteiger partial charge in [-0.3, -0.25) is 14.3 Å². The maximum atomic E-state index is 12.4. The van der Waals surface area contributed by atoms with Gasteiger partial charge in [-0.1, -0.05) is 24.3 Å². The summed E-state index contributed by atoms with van der Waals surface area (Å²) in [4.78, 5) is 21.2. The normalized spacial score (nSPS) is 10.6. The van der Waals surface area contributed by atoms with Crippen molar-refractivity contribution in [1.82, 2.24) is 9.97 Å². The van der Waals surface area contributed by atoms with Gasteiger partial charge in [-0.05, 0) is 48.9 Å². The van der Waals surface area contributed by atoms with Crippen LogP contribution >= 0.6 is 11.3 Å². The molecule has 0 saturated carbocycles. The molecule has 2 aromatic heterocycles. The maximum absolute atomic E-state index is 12.4. The molecule has 0 saturated heterocycles. The number of hydrogen-bond donors (Lipinski definition) is 3. The first-order valence-electron chi connectivity index (χ1n) is 9.71. The Morgan fingerprint density at radius 1 is 1.06 bits per heavy atom. The third-order valence-electron chi connectivity index (χ3n) is 4.23. The van der Waals surface area contributed by atoms with Crippen molar-refractivity contribution in [2.45, 2.75) is 6.92 Å². The molecule has 0 radical (unpaired) electrons. The number of benzene rings is 2. The number of nitrogens with one attached hydrogen (secondary N) is 2. The molecule has 4 aromatic rings. The van der Waals surface area contributed by atoms with E-state index in [0.717, 1.165) is 33.3 Å². The van der Waals surface area contributed by atoms with Crippen LogP contribution in [0.25, 0.3) is 11.3 Å². The number of carbonyl (C=O) groups excluding carboxylic acids is 1. The second-order valence-corrected chi connectivity index (χ2v) is 9.31. The van der Waals surface area contributed by atoms with Crippen LogP contribution in [0.1, 0.15) is 15.9 Å². The Morgan fingerprint density at radius 3 is 2.45 bits per heavy atom. The molecule has 33 heavy (non-hydrogen) atoms. The Bertz CT molecular complexity index is 1320. The molecule has 0 aliphatic heterocycles. The number of nitrogens with zero attached hydrogens (tertiary/aromatic N) is 2. The Labute approximate surface area is 196 Å². The fraction of sp³-hybridized carbons (Fsp3) is 0.0870. The van der Waals surface area contributed by atoms with E-state index < -0.39 is 10.1 Å². The zero-order valence-electron chi connectivity index (χ0n) is 17.9. The Morgan fingerprint density at radius 2 is 1.79 bits per heavy atom. The van der Waals surface area contributed by atoms with Crippen molar-refractivity contribution in [3.63, 3.8) is 0 Å². The Kier molecular flexibility index (Phi) is 7.88. The molecule has 8 nitrogen and oxygen atoms in total. The van der Waals surface area contributed by atoms with Crippen molar-refractivity contribution >= 4 is 43.9 Å². The second-order valence-electron chi connectivity index (χ2n) is 6.99. The number of thiazole rings is 1. The van der Waals surface area contributed by atoms with Crippen molar-refractivity contribution in [3.05, 3.63) is 89.6 Å². The van der Waals surface area contributed by atoms with Crippen LogP contribution < -0.4 is 10.6 Å². The summed E-state index contributed by atoms with van der Waals surface area (Å²) >= 11 is 1.53. The highest BCUT2D eigenvalue weighted by Crippen LogP contribution is 2.29.